The smallest absolute Gasteiger partial charge is 0.261 e. The normalized spacial score (nSPS) is 11.7. The number of aldehydes is 1. The number of rotatable bonds is 8. The summed E-state index contributed by atoms with van der Waals surface area (Å²) in [6, 6.07) is 4.41. The largest absolute Gasteiger partial charge is 0.357 e. The van der Waals surface area contributed by atoms with Gasteiger partial charge in [0.15, 0.2) is 0 Å². The highest BCUT2D eigenvalue weighted by Gasteiger charge is 2.30. The first kappa shape index (κ1) is 19.5. The van der Waals surface area contributed by atoms with Gasteiger partial charge in [-0.15, -0.1) is 0 Å². The van der Waals surface area contributed by atoms with Crippen molar-refractivity contribution in [2.75, 3.05) is 7.05 Å². The van der Waals surface area contributed by atoms with E-state index in [1.807, 2.05) is 12.1 Å². The molecule has 6 nitrogen and oxygen atoms in total. The molecule has 24 heavy (non-hydrogen) atoms. The third kappa shape index (κ3) is 4.50. The minimum absolute atomic E-state index is 0.0843. The van der Waals surface area contributed by atoms with E-state index in [0.29, 0.717) is 24.2 Å². The highest BCUT2D eigenvalue weighted by molar-refractivity contribution is 6.04. The molecule has 1 unspecified atom stereocenters. The minimum Gasteiger partial charge on any atom is -0.357 e. The molecule has 0 saturated carbocycles. The van der Waals surface area contributed by atoms with Gasteiger partial charge in [-0.2, -0.15) is 0 Å². The number of hydrogen-bond acceptors (Lipinski definition) is 4. The van der Waals surface area contributed by atoms with E-state index in [4.69, 9.17) is 0 Å². The van der Waals surface area contributed by atoms with Crippen molar-refractivity contribution < 1.29 is 19.2 Å². The Balaban J connectivity index is 3.17. The lowest BCUT2D eigenvalue weighted by Gasteiger charge is -2.25. The third-order valence-electron chi connectivity index (χ3n) is 3.94. The van der Waals surface area contributed by atoms with Crippen molar-refractivity contribution >= 4 is 24.5 Å². The zero-order valence-electron chi connectivity index (χ0n) is 14.5. The van der Waals surface area contributed by atoms with Gasteiger partial charge in [0.25, 0.3) is 5.91 Å². The van der Waals surface area contributed by atoms with Crippen molar-refractivity contribution in [2.45, 2.75) is 45.6 Å². The van der Waals surface area contributed by atoms with Gasteiger partial charge in [-0.25, -0.2) is 0 Å². The Kier molecular flexibility index (Phi) is 7.30. The molecular weight excluding hydrogens is 308 g/mol. The summed E-state index contributed by atoms with van der Waals surface area (Å²) in [6.07, 6.45) is 1.19. The lowest BCUT2D eigenvalue weighted by atomic mass is 9.97. The van der Waals surface area contributed by atoms with Crippen LogP contribution < -0.4 is 5.32 Å². The first-order valence-electron chi connectivity index (χ1n) is 7.91. The van der Waals surface area contributed by atoms with Crippen molar-refractivity contribution in [3.05, 3.63) is 34.9 Å². The fourth-order valence-electron chi connectivity index (χ4n) is 2.48. The van der Waals surface area contributed by atoms with Crippen LogP contribution in [0.3, 0.4) is 0 Å². The van der Waals surface area contributed by atoms with Gasteiger partial charge in [0.1, 0.15) is 12.3 Å². The van der Waals surface area contributed by atoms with Gasteiger partial charge < -0.3 is 10.1 Å². The number of benzene rings is 1. The van der Waals surface area contributed by atoms with Crippen molar-refractivity contribution in [2.24, 2.45) is 0 Å². The quantitative estimate of drug-likeness (QED) is 0.736. The first-order valence-corrected chi connectivity index (χ1v) is 7.91. The van der Waals surface area contributed by atoms with E-state index < -0.39 is 17.9 Å². The molecule has 0 fully saturated rings. The average Bonchev–Trinajstić information content (AvgIpc) is 2.57. The molecule has 0 spiro atoms. The Morgan fingerprint density at radius 2 is 1.92 bits per heavy atom. The van der Waals surface area contributed by atoms with Crippen LogP contribution in [0.15, 0.2) is 18.2 Å². The highest BCUT2D eigenvalue weighted by Crippen LogP contribution is 2.20. The van der Waals surface area contributed by atoms with Crippen LogP contribution >= 0.6 is 0 Å². The van der Waals surface area contributed by atoms with E-state index in [1.54, 1.807) is 13.0 Å². The van der Waals surface area contributed by atoms with Gasteiger partial charge in [0.05, 0.1) is 0 Å². The Morgan fingerprint density at radius 1 is 1.25 bits per heavy atom. The predicted molar refractivity (Wildman–Crippen MR) is 90.7 cm³/mol. The Morgan fingerprint density at radius 3 is 2.38 bits per heavy atom. The second-order valence-electron chi connectivity index (χ2n) is 5.92. The number of hydrogen-bond donors (Lipinski definition) is 1. The summed E-state index contributed by atoms with van der Waals surface area (Å²) in [5.41, 5.74) is 2.20. The maximum absolute atomic E-state index is 12.7. The molecule has 0 aliphatic carbocycles. The summed E-state index contributed by atoms with van der Waals surface area (Å²) >= 11 is 0. The lowest BCUT2D eigenvalue weighted by Crippen LogP contribution is -2.48. The molecule has 1 aromatic carbocycles. The van der Waals surface area contributed by atoms with Gasteiger partial charge in [-0.1, -0.05) is 26.0 Å². The van der Waals surface area contributed by atoms with Crippen LogP contribution in [0.25, 0.3) is 0 Å². The standard InChI is InChI=1S/C18H24N2O4/c1-12(2)14-7-8-15(13(3)10-14)18(24)20(11-22)16(6-5-9-21)17(23)19-4/h7-12,16H,5-6H2,1-4H3,(H,19,23). The van der Waals surface area contributed by atoms with E-state index in [0.717, 1.165) is 16.0 Å². The SMILES string of the molecule is CNC(=O)C(CCC=O)N(C=O)C(=O)c1ccc(C(C)C)cc1C. The minimum atomic E-state index is -1.01. The number of nitrogens with zero attached hydrogens (tertiary/aromatic N) is 1. The molecule has 6 heteroatoms. The average molecular weight is 332 g/mol. The fourth-order valence-corrected chi connectivity index (χ4v) is 2.48. The summed E-state index contributed by atoms with van der Waals surface area (Å²) in [5, 5.41) is 2.43. The monoisotopic (exact) mass is 332 g/mol. The zero-order valence-corrected chi connectivity index (χ0v) is 14.5. The van der Waals surface area contributed by atoms with Crippen molar-refractivity contribution in [1.82, 2.24) is 10.2 Å². The van der Waals surface area contributed by atoms with Gasteiger partial charge in [-0.05, 0) is 36.5 Å². The third-order valence-corrected chi connectivity index (χ3v) is 3.94. The molecule has 1 atom stereocenters. The number of carbonyl (C=O) groups excluding carboxylic acids is 4. The second-order valence-corrected chi connectivity index (χ2v) is 5.92. The van der Waals surface area contributed by atoms with Gasteiger partial charge in [-0.3, -0.25) is 19.3 Å². The van der Waals surface area contributed by atoms with Crippen LogP contribution in [0.5, 0.6) is 0 Å². The molecule has 0 aliphatic rings. The molecule has 0 aliphatic heterocycles. The number of carbonyl (C=O) groups is 4. The molecule has 0 radical (unpaired) electrons. The van der Waals surface area contributed by atoms with Crippen LogP contribution in [0.2, 0.25) is 0 Å². The van der Waals surface area contributed by atoms with Crippen molar-refractivity contribution in [3.8, 4) is 0 Å². The van der Waals surface area contributed by atoms with E-state index in [-0.39, 0.29) is 12.8 Å². The Labute approximate surface area is 142 Å². The van der Waals surface area contributed by atoms with E-state index >= 15 is 0 Å². The molecule has 3 amide bonds. The Bertz CT molecular complexity index is 625. The summed E-state index contributed by atoms with van der Waals surface area (Å²) in [6.45, 7) is 5.90. The number of aryl methyl sites for hydroxylation is 1. The predicted octanol–water partition coefficient (Wildman–Crippen LogP) is 1.81. The molecule has 0 saturated heterocycles. The van der Waals surface area contributed by atoms with Crippen molar-refractivity contribution in [1.29, 1.82) is 0 Å². The maximum Gasteiger partial charge on any atom is 0.261 e. The molecule has 0 aromatic heterocycles. The van der Waals surface area contributed by atoms with E-state index in [2.05, 4.69) is 19.2 Å². The lowest BCUT2D eigenvalue weighted by molar-refractivity contribution is -0.131. The number of imide groups is 1. The summed E-state index contributed by atoms with van der Waals surface area (Å²) in [4.78, 5) is 47.7. The maximum atomic E-state index is 12.7. The molecule has 1 aromatic rings. The van der Waals surface area contributed by atoms with Crippen LogP contribution in [0.1, 0.15) is 54.1 Å². The first-order chi connectivity index (χ1) is 11.4. The fraction of sp³-hybridized carbons (Fsp3) is 0.444. The zero-order chi connectivity index (χ0) is 18.3. The van der Waals surface area contributed by atoms with Gasteiger partial charge >= 0.3 is 0 Å². The van der Waals surface area contributed by atoms with E-state index in [1.165, 1.54) is 7.05 Å². The highest BCUT2D eigenvalue weighted by atomic mass is 16.2. The molecule has 0 bridgehead atoms. The Hall–Kier alpha value is -2.50. The van der Waals surface area contributed by atoms with Crippen LogP contribution in [0, 0.1) is 6.92 Å². The number of amides is 3. The van der Waals surface area contributed by atoms with Gasteiger partial charge in [0, 0.05) is 19.0 Å². The molecular formula is C18H24N2O4. The molecule has 130 valence electrons. The summed E-state index contributed by atoms with van der Waals surface area (Å²) < 4.78 is 0. The van der Waals surface area contributed by atoms with Crippen molar-refractivity contribution in [3.63, 3.8) is 0 Å². The second kappa shape index (κ2) is 8.96. The van der Waals surface area contributed by atoms with Gasteiger partial charge in [0.2, 0.25) is 12.3 Å². The number of likely N-dealkylation sites (N-methyl/N-ethyl adjacent to an activating group) is 1. The summed E-state index contributed by atoms with van der Waals surface area (Å²) in [7, 11) is 1.42. The topological polar surface area (TPSA) is 83.6 Å². The van der Waals surface area contributed by atoms with E-state index in [9.17, 15) is 19.2 Å². The van der Waals surface area contributed by atoms with Crippen LogP contribution in [-0.2, 0) is 14.4 Å². The van der Waals surface area contributed by atoms with Crippen LogP contribution in [-0.4, -0.2) is 42.5 Å². The molecule has 1 rings (SSSR count). The summed E-state index contributed by atoms with van der Waals surface area (Å²) in [5.74, 6) is -0.702. The molecule has 1 N–H and O–H groups in total. The number of nitrogens with one attached hydrogen (secondary N) is 1. The molecule has 0 heterocycles. The van der Waals surface area contributed by atoms with Crippen LogP contribution in [0.4, 0.5) is 0 Å².